The number of rotatable bonds is 4. The molecule has 0 aliphatic carbocycles. The molecule has 1 N–H and O–H groups in total. The van der Waals surface area contributed by atoms with Gasteiger partial charge in [-0.05, 0) is 37.6 Å². The van der Waals surface area contributed by atoms with E-state index in [-0.39, 0.29) is 17.9 Å². The largest absolute Gasteiger partial charge is 0.506 e. The number of hydrogen-bond donors (Lipinski definition) is 1. The van der Waals surface area contributed by atoms with E-state index in [1.54, 1.807) is 6.92 Å². The minimum Gasteiger partial charge on any atom is -0.506 e. The van der Waals surface area contributed by atoms with Crippen LogP contribution < -0.4 is 0 Å². The Bertz CT molecular complexity index is 897. The van der Waals surface area contributed by atoms with E-state index in [0.29, 0.717) is 15.6 Å². The fraction of sp³-hybridized carbons (Fsp3) is 0.143. The second-order valence-electron chi connectivity index (χ2n) is 5.72. The molecule has 0 saturated carbocycles. The number of carbonyl (C=O) groups excluding carboxylic acids is 1. The molecule has 3 rings (SSSR count). The molecule has 0 amide bonds. The molecule has 2 aromatic rings. The fourth-order valence-electron chi connectivity index (χ4n) is 2.43. The lowest BCUT2D eigenvalue weighted by Crippen LogP contribution is -2.12. The first-order valence-corrected chi connectivity index (χ1v) is 9.11. The van der Waals surface area contributed by atoms with Crippen LogP contribution in [-0.2, 0) is 9.53 Å². The molecule has 1 aliphatic rings. The molecule has 2 aromatic carbocycles. The maximum Gasteiger partial charge on any atom is 0.344 e. The maximum absolute atomic E-state index is 12.3. The lowest BCUT2D eigenvalue weighted by atomic mass is 10.1. The number of aliphatic hydroxyl groups is 1. The van der Waals surface area contributed by atoms with Crippen molar-refractivity contribution in [1.29, 1.82) is 0 Å². The molecular weight excluding hydrogens is 346 g/mol. The summed E-state index contributed by atoms with van der Waals surface area (Å²) in [6, 6.07) is 17.3. The van der Waals surface area contributed by atoms with Crippen LogP contribution in [0.1, 0.15) is 18.1 Å². The zero-order valence-corrected chi connectivity index (χ0v) is 15.4. The van der Waals surface area contributed by atoms with Crippen LogP contribution in [0.4, 0.5) is 5.69 Å². The highest BCUT2D eigenvalue weighted by Crippen LogP contribution is 2.40. The smallest absolute Gasteiger partial charge is 0.344 e. The van der Waals surface area contributed by atoms with Gasteiger partial charge in [-0.2, -0.15) is 0 Å². The van der Waals surface area contributed by atoms with Crippen LogP contribution in [0, 0.1) is 6.92 Å². The predicted octanol–water partition coefficient (Wildman–Crippen LogP) is 5.19. The Labute approximate surface area is 156 Å². The summed E-state index contributed by atoms with van der Waals surface area (Å²) in [4.78, 5) is 17.5. The minimum atomic E-state index is -0.570. The van der Waals surface area contributed by atoms with Gasteiger partial charge in [0.1, 0.15) is 16.4 Å². The first-order valence-electron chi connectivity index (χ1n) is 8.29. The quantitative estimate of drug-likeness (QED) is 0.758. The van der Waals surface area contributed by atoms with Gasteiger partial charge in [0, 0.05) is 0 Å². The molecule has 0 aromatic heterocycles. The Hall–Kier alpha value is -2.79. The van der Waals surface area contributed by atoms with Gasteiger partial charge in [-0.25, -0.2) is 9.79 Å². The standard InChI is InChI=1S/C21H19NO3S/c1-3-25-21(24)18-19(23)17(13-15-7-5-4-6-8-15)26-20(18)22-16-11-9-14(2)10-12-16/h4-13,23H,3H2,1-2H3. The second kappa shape index (κ2) is 8.06. The molecule has 0 bridgehead atoms. The van der Waals surface area contributed by atoms with Crippen LogP contribution >= 0.6 is 11.8 Å². The lowest BCUT2D eigenvalue weighted by Gasteiger charge is -2.04. The molecule has 0 spiro atoms. The van der Waals surface area contributed by atoms with Crippen LogP contribution in [0.25, 0.3) is 6.08 Å². The summed E-state index contributed by atoms with van der Waals surface area (Å²) >= 11 is 1.26. The summed E-state index contributed by atoms with van der Waals surface area (Å²) in [6.45, 7) is 3.96. The van der Waals surface area contributed by atoms with Crippen molar-refractivity contribution in [2.75, 3.05) is 6.61 Å². The van der Waals surface area contributed by atoms with E-state index in [1.807, 2.05) is 67.6 Å². The summed E-state index contributed by atoms with van der Waals surface area (Å²) in [7, 11) is 0. The molecule has 1 heterocycles. The topological polar surface area (TPSA) is 58.9 Å². The third-order valence-electron chi connectivity index (χ3n) is 3.73. The number of benzene rings is 2. The van der Waals surface area contributed by atoms with E-state index in [1.165, 1.54) is 11.8 Å². The number of esters is 1. The van der Waals surface area contributed by atoms with E-state index in [9.17, 15) is 9.90 Å². The summed E-state index contributed by atoms with van der Waals surface area (Å²) in [5.74, 6) is -0.664. The van der Waals surface area contributed by atoms with Gasteiger partial charge in [-0.15, -0.1) is 0 Å². The molecule has 5 heteroatoms. The minimum absolute atomic E-state index is 0.0943. The fourth-order valence-corrected chi connectivity index (χ4v) is 3.46. The molecule has 0 atom stereocenters. The van der Waals surface area contributed by atoms with E-state index in [2.05, 4.69) is 4.99 Å². The molecular formula is C21H19NO3S. The highest BCUT2D eigenvalue weighted by molar-refractivity contribution is 8.18. The zero-order valence-electron chi connectivity index (χ0n) is 14.6. The van der Waals surface area contributed by atoms with E-state index < -0.39 is 5.97 Å². The molecule has 4 nitrogen and oxygen atoms in total. The van der Waals surface area contributed by atoms with Crippen molar-refractivity contribution >= 4 is 34.5 Å². The number of ether oxygens (including phenoxy) is 1. The number of carbonyl (C=O) groups is 1. The van der Waals surface area contributed by atoms with Gasteiger partial charge in [-0.3, -0.25) is 0 Å². The molecule has 0 fully saturated rings. The van der Waals surface area contributed by atoms with Gasteiger partial charge < -0.3 is 9.84 Å². The Balaban J connectivity index is 2.02. The van der Waals surface area contributed by atoms with Crippen LogP contribution in [0.2, 0.25) is 0 Å². The van der Waals surface area contributed by atoms with Crippen LogP contribution in [0.5, 0.6) is 0 Å². The Morgan fingerprint density at radius 3 is 2.50 bits per heavy atom. The van der Waals surface area contributed by atoms with E-state index >= 15 is 0 Å². The summed E-state index contributed by atoms with van der Waals surface area (Å²) in [5, 5.41) is 11.0. The number of aliphatic hydroxyl groups excluding tert-OH is 1. The first kappa shape index (κ1) is 18.0. The van der Waals surface area contributed by atoms with Crippen LogP contribution in [0.15, 0.2) is 75.8 Å². The highest BCUT2D eigenvalue weighted by atomic mass is 32.2. The monoisotopic (exact) mass is 365 g/mol. The summed E-state index contributed by atoms with van der Waals surface area (Å²) < 4.78 is 5.10. The number of nitrogens with zero attached hydrogens (tertiary/aromatic N) is 1. The van der Waals surface area contributed by atoms with Crippen molar-refractivity contribution in [2.45, 2.75) is 13.8 Å². The summed E-state index contributed by atoms with van der Waals surface area (Å²) in [6.07, 6.45) is 1.83. The highest BCUT2D eigenvalue weighted by Gasteiger charge is 2.33. The van der Waals surface area contributed by atoms with Crippen molar-refractivity contribution in [3.63, 3.8) is 0 Å². The Morgan fingerprint density at radius 2 is 1.85 bits per heavy atom. The van der Waals surface area contributed by atoms with Gasteiger partial charge in [-0.1, -0.05) is 59.8 Å². The predicted molar refractivity (Wildman–Crippen MR) is 107 cm³/mol. The van der Waals surface area contributed by atoms with Gasteiger partial charge in [0.05, 0.1) is 17.2 Å². The van der Waals surface area contributed by atoms with Crippen molar-refractivity contribution in [2.24, 2.45) is 4.99 Å². The molecule has 0 saturated heterocycles. The van der Waals surface area contributed by atoms with Crippen LogP contribution in [0.3, 0.4) is 0 Å². The molecule has 1 aliphatic heterocycles. The van der Waals surface area contributed by atoms with E-state index in [4.69, 9.17) is 4.74 Å². The molecule has 26 heavy (non-hydrogen) atoms. The number of thioether (sulfide) groups is 1. The Morgan fingerprint density at radius 1 is 1.15 bits per heavy atom. The second-order valence-corrected chi connectivity index (χ2v) is 6.75. The zero-order chi connectivity index (χ0) is 18.5. The lowest BCUT2D eigenvalue weighted by molar-refractivity contribution is -0.138. The average molecular weight is 365 g/mol. The first-order chi connectivity index (χ1) is 12.6. The van der Waals surface area contributed by atoms with Crippen molar-refractivity contribution in [1.82, 2.24) is 0 Å². The Kier molecular flexibility index (Phi) is 5.58. The number of hydrogen-bond acceptors (Lipinski definition) is 5. The molecule has 0 radical (unpaired) electrons. The van der Waals surface area contributed by atoms with Gasteiger partial charge >= 0.3 is 5.97 Å². The SMILES string of the molecule is CCOC(=O)C1=C(O)C(=Cc2ccccc2)SC1=Nc1ccc(C)cc1. The van der Waals surface area contributed by atoms with Gasteiger partial charge in [0.25, 0.3) is 0 Å². The third-order valence-corrected chi connectivity index (χ3v) is 4.75. The average Bonchev–Trinajstić information content (AvgIpc) is 2.93. The van der Waals surface area contributed by atoms with Crippen LogP contribution in [-0.4, -0.2) is 22.7 Å². The van der Waals surface area contributed by atoms with Crippen molar-refractivity contribution in [3.8, 4) is 0 Å². The van der Waals surface area contributed by atoms with E-state index in [0.717, 1.165) is 11.1 Å². The third kappa shape index (κ3) is 4.06. The number of aryl methyl sites for hydroxylation is 1. The van der Waals surface area contributed by atoms with Crippen molar-refractivity contribution < 1.29 is 14.6 Å². The molecule has 0 unspecified atom stereocenters. The molecule has 132 valence electrons. The normalized spacial score (nSPS) is 17.2. The van der Waals surface area contributed by atoms with Gasteiger partial charge in [0.15, 0.2) is 0 Å². The van der Waals surface area contributed by atoms with Crippen molar-refractivity contribution in [3.05, 3.63) is 82.0 Å². The summed E-state index contributed by atoms with van der Waals surface area (Å²) in [5.41, 5.74) is 2.89. The number of aliphatic imine (C=N–C) groups is 1. The maximum atomic E-state index is 12.3. The van der Waals surface area contributed by atoms with Gasteiger partial charge in [0.2, 0.25) is 0 Å².